The largest absolute Gasteiger partial charge is 0.508 e. The maximum atomic E-state index is 13.8. The van der Waals surface area contributed by atoms with E-state index < -0.39 is 41.9 Å². The van der Waals surface area contributed by atoms with Gasteiger partial charge in [0.15, 0.2) is 5.60 Å². The van der Waals surface area contributed by atoms with Crippen molar-refractivity contribution in [1.29, 1.82) is 0 Å². The first-order chi connectivity index (χ1) is 13.8. The Bertz CT molecular complexity index is 974. The van der Waals surface area contributed by atoms with Crippen LogP contribution in [0.3, 0.4) is 0 Å². The van der Waals surface area contributed by atoms with Crippen LogP contribution in [0.15, 0.2) is 36.4 Å². The average Bonchev–Trinajstić information content (AvgIpc) is 3.01. The van der Waals surface area contributed by atoms with Crippen molar-refractivity contribution in [3.8, 4) is 5.75 Å². The third-order valence-electron chi connectivity index (χ3n) is 5.22. The first kappa shape index (κ1) is 21.9. The van der Waals surface area contributed by atoms with Crippen molar-refractivity contribution in [2.75, 3.05) is 11.9 Å². The molecule has 162 valence electrons. The molecule has 1 unspecified atom stereocenters. The van der Waals surface area contributed by atoms with Gasteiger partial charge in [-0.15, -0.1) is 0 Å². The molecule has 1 aliphatic rings. The fourth-order valence-corrected chi connectivity index (χ4v) is 3.63. The Morgan fingerprint density at radius 1 is 1.13 bits per heavy atom. The van der Waals surface area contributed by atoms with Crippen LogP contribution in [0, 0.1) is 5.82 Å². The summed E-state index contributed by atoms with van der Waals surface area (Å²) < 4.78 is 59.9. The van der Waals surface area contributed by atoms with Crippen molar-refractivity contribution >= 4 is 11.7 Å². The number of esters is 1. The number of cyclic esters (lactones) is 1. The Hall–Kier alpha value is -2.81. The summed E-state index contributed by atoms with van der Waals surface area (Å²) in [4.78, 5) is 11.5. The second-order valence-electron chi connectivity index (χ2n) is 8.05. The lowest BCUT2D eigenvalue weighted by atomic mass is 9.74. The smallest absolute Gasteiger partial charge is 0.418 e. The van der Waals surface area contributed by atoms with E-state index in [0.717, 1.165) is 18.2 Å². The number of phenolic OH excluding ortho intramolecular Hbond substituents is 1. The molecule has 3 rings (SSSR count). The van der Waals surface area contributed by atoms with Crippen LogP contribution in [0.1, 0.15) is 41.8 Å². The van der Waals surface area contributed by atoms with E-state index in [1.807, 2.05) is 0 Å². The van der Waals surface area contributed by atoms with Gasteiger partial charge >= 0.3 is 12.1 Å². The van der Waals surface area contributed by atoms with Gasteiger partial charge in [0.05, 0.1) is 12.1 Å². The van der Waals surface area contributed by atoms with E-state index in [2.05, 4.69) is 5.32 Å². The van der Waals surface area contributed by atoms with E-state index in [4.69, 9.17) is 4.74 Å². The zero-order chi connectivity index (χ0) is 22.3. The molecule has 0 saturated heterocycles. The molecule has 0 amide bonds. The normalized spacial score (nSPS) is 16.0. The second kappa shape index (κ2) is 7.46. The summed E-state index contributed by atoms with van der Waals surface area (Å²) in [5.74, 6) is -1.57. The summed E-state index contributed by atoms with van der Waals surface area (Å²) >= 11 is 0. The number of hydrogen-bond acceptors (Lipinski definition) is 5. The average molecular weight is 427 g/mol. The maximum Gasteiger partial charge on any atom is 0.418 e. The molecule has 0 aromatic heterocycles. The van der Waals surface area contributed by atoms with E-state index in [9.17, 15) is 32.6 Å². The quantitative estimate of drug-likeness (QED) is 0.474. The number of carbonyl (C=O) groups excluding carboxylic acids is 1. The predicted molar refractivity (Wildman–Crippen MR) is 101 cm³/mol. The van der Waals surface area contributed by atoms with Gasteiger partial charge in [-0.3, -0.25) is 0 Å². The summed E-state index contributed by atoms with van der Waals surface area (Å²) in [5, 5.41) is 23.1. The molecule has 0 bridgehead atoms. The molecule has 2 aromatic carbocycles. The number of hydrogen-bond donors (Lipinski definition) is 3. The highest BCUT2D eigenvalue weighted by Crippen LogP contribution is 2.43. The standard InChI is InChI=1S/C21H21F4NO4/c1-19(2,16-8-13(22)3-6-17(16)27)10-20(29,21(23,24)25)11-26-14-4-5-15-12(7-14)9-30-18(15)28/h3-8,26-27,29H,9-11H2,1-2H3. The van der Waals surface area contributed by atoms with Gasteiger partial charge in [-0.05, 0) is 48.2 Å². The minimum absolute atomic E-state index is 0.0269. The van der Waals surface area contributed by atoms with Gasteiger partial charge in [0.2, 0.25) is 0 Å². The predicted octanol–water partition coefficient (Wildman–Crippen LogP) is 4.27. The molecule has 0 radical (unpaired) electrons. The van der Waals surface area contributed by atoms with Crippen LogP contribution in [0.4, 0.5) is 23.2 Å². The molecule has 2 aromatic rings. The summed E-state index contributed by atoms with van der Waals surface area (Å²) in [6.07, 6.45) is -5.84. The number of benzene rings is 2. The van der Waals surface area contributed by atoms with Gasteiger partial charge in [-0.25, -0.2) is 9.18 Å². The second-order valence-corrected chi connectivity index (χ2v) is 8.05. The highest BCUT2D eigenvalue weighted by molar-refractivity contribution is 5.93. The molecule has 3 N–H and O–H groups in total. The van der Waals surface area contributed by atoms with E-state index in [-0.39, 0.29) is 23.6 Å². The Morgan fingerprint density at radius 3 is 2.50 bits per heavy atom. The third-order valence-corrected chi connectivity index (χ3v) is 5.22. The number of phenols is 1. The minimum atomic E-state index is -5.00. The first-order valence-corrected chi connectivity index (χ1v) is 9.14. The van der Waals surface area contributed by atoms with E-state index in [1.54, 1.807) is 0 Å². The fraction of sp³-hybridized carbons (Fsp3) is 0.381. The van der Waals surface area contributed by atoms with Crippen molar-refractivity contribution in [3.63, 3.8) is 0 Å². The van der Waals surface area contributed by atoms with Gasteiger partial charge in [0.1, 0.15) is 18.2 Å². The van der Waals surface area contributed by atoms with Gasteiger partial charge < -0.3 is 20.3 Å². The number of nitrogens with one attached hydrogen (secondary N) is 1. The van der Waals surface area contributed by atoms with Crippen LogP contribution in [-0.4, -0.2) is 34.5 Å². The van der Waals surface area contributed by atoms with Gasteiger partial charge in [-0.2, -0.15) is 13.2 Å². The molecular weight excluding hydrogens is 406 g/mol. The van der Waals surface area contributed by atoms with Crippen LogP contribution >= 0.6 is 0 Å². The summed E-state index contributed by atoms with van der Waals surface area (Å²) in [6, 6.07) is 7.36. The minimum Gasteiger partial charge on any atom is -0.508 e. The Balaban J connectivity index is 1.84. The van der Waals surface area contributed by atoms with Gasteiger partial charge in [0.25, 0.3) is 0 Å². The number of ether oxygens (including phenoxy) is 1. The van der Waals surface area contributed by atoms with Crippen molar-refractivity contribution in [2.45, 2.75) is 44.1 Å². The Labute approximate surface area is 170 Å². The molecule has 0 fully saturated rings. The monoisotopic (exact) mass is 427 g/mol. The third kappa shape index (κ3) is 4.21. The lowest BCUT2D eigenvalue weighted by Gasteiger charge is -2.38. The molecule has 1 heterocycles. The molecule has 5 nitrogen and oxygen atoms in total. The Morgan fingerprint density at radius 2 is 1.83 bits per heavy atom. The van der Waals surface area contributed by atoms with Crippen molar-refractivity contribution < 1.29 is 37.3 Å². The zero-order valence-corrected chi connectivity index (χ0v) is 16.3. The van der Waals surface area contributed by atoms with Crippen molar-refractivity contribution in [3.05, 3.63) is 58.9 Å². The number of carbonyl (C=O) groups is 1. The molecular formula is C21H21F4NO4. The molecule has 1 aliphatic heterocycles. The SMILES string of the molecule is CC(C)(CC(O)(CNc1ccc2c(c1)COC2=O)C(F)(F)F)c1cc(F)ccc1O. The highest BCUT2D eigenvalue weighted by atomic mass is 19.4. The van der Waals surface area contributed by atoms with Crippen molar-refractivity contribution in [2.24, 2.45) is 0 Å². The molecule has 0 aliphatic carbocycles. The van der Waals surface area contributed by atoms with E-state index in [0.29, 0.717) is 11.1 Å². The maximum absolute atomic E-state index is 13.8. The molecule has 30 heavy (non-hydrogen) atoms. The summed E-state index contributed by atoms with van der Waals surface area (Å²) in [7, 11) is 0. The lowest BCUT2D eigenvalue weighted by Crippen LogP contribution is -2.53. The van der Waals surface area contributed by atoms with Crippen LogP contribution in [-0.2, 0) is 16.8 Å². The molecule has 0 spiro atoms. The van der Waals surface area contributed by atoms with Crippen LogP contribution < -0.4 is 5.32 Å². The first-order valence-electron chi connectivity index (χ1n) is 9.14. The number of alkyl halides is 3. The van der Waals surface area contributed by atoms with Crippen molar-refractivity contribution in [1.82, 2.24) is 0 Å². The van der Waals surface area contributed by atoms with Crippen LogP contribution in [0.2, 0.25) is 0 Å². The molecule has 1 atom stereocenters. The van der Waals surface area contributed by atoms with Gasteiger partial charge in [0, 0.05) is 16.8 Å². The number of aliphatic hydroxyl groups is 1. The van der Waals surface area contributed by atoms with Crippen LogP contribution in [0.25, 0.3) is 0 Å². The summed E-state index contributed by atoms with van der Waals surface area (Å²) in [5.41, 5.74) is -3.48. The van der Waals surface area contributed by atoms with E-state index >= 15 is 0 Å². The summed E-state index contributed by atoms with van der Waals surface area (Å²) in [6.45, 7) is 1.91. The number of aromatic hydroxyl groups is 1. The number of fused-ring (bicyclic) bond motifs is 1. The highest BCUT2D eigenvalue weighted by Gasteiger charge is 2.56. The Kier molecular flexibility index (Phi) is 5.44. The molecule has 9 heteroatoms. The zero-order valence-electron chi connectivity index (χ0n) is 16.3. The number of rotatable bonds is 6. The van der Waals surface area contributed by atoms with E-state index in [1.165, 1.54) is 32.0 Å². The lowest BCUT2D eigenvalue weighted by molar-refractivity contribution is -0.260. The molecule has 0 saturated carbocycles. The number of halogens is 4. The van der Waals surface area contributed by atoms with Gasteiger partial charge in [-0.1, -0.05) is 13.8 Å². The fourth-order valence-electron chi connectivity index (χ4n) is 3.63. The number of anilines is 1. The van der Waals surface area contributed by atoms with Crippen LogP contribution in [0.5, 0.6) is 5.75 Å². The topological polar surface area (TPSA) is 78.8 Å².